The summed E-state index contributed by atoms with van der Waals surface area (Å²) in [6.45, 7) is 0.744. The van der Waals surface area contributed by atoms with Crippen LogP contribution in [0.2, 0.25) is 0 Å². The SMILES string of the molecule is O=C(Nc1ccc2occc(=O)c2c1)N1CCCC[C@H]1CCc1ccccn1. The molecule has 6 nitrogen and oxygen atoms in total. The van der Waals surface area contributed by atoms with Gasteiger partial charge in [-0.15, -0.1) is 0 Å². The van der Waals surface area contributed by atoms with Gasteiger partial charge in [0.15, 0.2) is 5.43 Å². The zero-order chi connectivity index (χ0) is 19.3. The number of hydrogen-bond acceptors (Lipinski definition) is 4. The lowest BCUT2D eigenvalue weighted by Crippen LogP contribution is -2.46. The highest BCUT2D eigenvalue weighted by Crippen LogP contribution is 2.23. The molecule has 1 N–H and O–H groups in total. The van der Waals surface area contributed by atoms with Crippen molar-refractivity contribution in [2.75, 3.05) is 11.9 Å². The summed E-state index contributed by atoms with van der Waals surface area (Å²) in [5.41, 5.74) is 2.04. The first kappa shape index (κ1) is 18.2. The number of nitrogens with one attached hydrogen (secondary N) is 1. The smallest absolute Gasteiger partial charge is 0.322 e. The van der Waals surface area contributed by atoms with Crippen molar-refractivity contribution in [2.45, 2.75) is 38.1 Å². The Morgan fingerprint density at radius 3 is 3.00 bits per heavy atom. The molecular weight excluding hydrogens is 354 g/mol. The fourth-order valence-electron chi connectivity index (χ4n) is 3.79. The molecule has 0 unspecified atom stereocenters. The molecule has 3 heterocycles. The van der Waals surface area contributed by atoms with E-state index in [2.05, 4.69) is 10.3 Å². The molecule has 144 valence electrons. The largest absolute Gasteiger partial charge is 0.464 e. The van der Waals surface area contributed by atoms with Gasteiger partial charge in [0.25, 0.3) is 0 Å². The number of aromatic nitrogens is 1. The topological polar surface area (TPSA) is 75.4 Å². The van der Waals surface area contributed by atoms with Gasteiger partial charge in [-0.25, -0.2) is 4.79 Å². The molecule has 1 aromatic carbocycles. The van der Waals surface area contributed by atoms with Gasteiger partial charge in [0.1, 0.15) is 5.58 Å². The molecule has 6 heteroatoms. The van der Waals surface area contributed by atoms with Crippen LogP contribution >= 0.6 is 0 Å². The van der Waals surface area contributed by atoms with Crippen molar-refractivity contribution in [2.24, 2.45) is 0 Å². The molecule has 2 amide bonds. The number of likely N-dealkylation sites (tertiary alicyclic amines) is 1. The van der Waals surface area contributed by atoms with E-state index < -0.39 is 0 Å². The molecule has 2 aromatic heterocycles. The van der Waals surface area contributed by atoms with Crippen LogP contribution in [0.1, 0.15) is 31.4 Å². The highest BCUT2D eigenvalue weighted by Gasteiger charge is 2.26. The number of amides is 2. The third kappa shape index (κ3) is 4.06. The fraction of sp³-hybridized carbons (Fsp3) is 0.318. The van der Waals surface area contributed by atoms with Crippen LogP contribution in [0.3, 0.4) is 0 Å². The molecule has 0 spiro atoms. The number of aryl methyl sites for hydroxylation is 1. The third-order valence-corrected chi connectivity index (χ3v) is 5.26. The van der Waals surface area contributed by atoms with Crippen molar-refractivity contribution in [1.29, 1.82) is 0 Å². The predicted octanol–water partition coefficient (Wildman–Crippen LogP) is 4.21. The van der Waals surface area contributed by atoms with E-state index in [0.717, 1.165) is 44.3 Å². The summed E-state index contributed by atoms with van der Waals surface area (Å²) >= 11 is 0. The first-order valence-electron chi connectivity index (χ1n) is 9.70. The maximum absolute atomic E-state index is 12.9. The predicted molar refractivity (Wildman–Crippen MR) is 108 cm³/mol. The lowest BCUT2D eigenvalue weighted by atomic mass is 9.97. The van der Waals surface area contributed by atoms with E-state index in [1.807, 2.05) is 23.1 Å². The third-order valence-electron chi connectivity index (χ3n) is 5.26. The molecule has 1 aliphatic rings. The van der Waals surface area contributed by atoms with Crippen molar-refractivity contribution < 1.29 is 9.21 Å². The second-order valence-corrected chi connectivity index (χ2v) is 7.13. The van der Waals surface area contributed by atoms with E-state index in [9.17, 15) is 9.59 Å². The van der Waals surface area contributed by atoms with Gasteiger partial charge < -0.3 is 14.6 Å². The lowest BCUT2D eigenvalue weighted by molar-refractivity contribution is 0.158. The van der Waals surface area contributed by atoms with E-state index in [1.165, 1.54) is 12.3 Å². The van der Waals surface area contributed by atoms with Crippen LogP contribution < -0.4 is 10.7 Å². The van der Waals surface area contributed by atoms with Crippen molar-refractivity contribution in [3.05, 3.63) is 70.8 Å². The summed E-state index contributed by atoms with van der Waals surface area (Å²) < 4.78 is 5.33. The zero-order valence-electron chi connectivity index (χ0n) is 15.6. The van der Waals surface area contributed by atoms with E-state index in [0.29, 0.717) is 16.7 Å². The van der Waals surface area contributed by atoms with Gasteiger partial charge in [-0.05, 0) is 62.4 Å². The number of benzene rings is 1. The Bertz CT molecular complexity index is 1020. The van der Waals surface area contributed by atoms with Gasteiger partial charge in [0.2, 0.25) is 0 Å². The molecule has 1 atom stereocenters. The summed E-state index contributed by atoms with van der Waals surface area (Å²) in [4.78, 5) is 31.2. The van der Waals surface area contributed by atoms with Gasteiger partial charge in [0.05, 0.1) is 11.6 Å². The van der Waals surface area contributed by atoms with Crippen LogP contribution in [0.5, 0.6) is 0 Å². The Kier molecular flexibility index (Phi) is 5.37. The van der Waals surface area contributed by atoms with Crippen LogP contribution in [0.4, 0.5) is 10.5 Å². The van der Waals surface area contributed by atoms with Crippen LogP contribution in [0.25, 0.3) is 11.0 Å². The minimum absolute atomic E-state index is 0.120. The Labute approximate surface area is 163 Å². The maximum Gasteiger partial charge on any atom is 0.322 e. The number of fused-ring (bicyclic) bond motifs is 1. The van der Waals surface area contributed by atoms with E-state index in [4.69, 9.17) is 4.42 Å². The van der Waals surface area contributed by atoms with Crippen molar-refractivity contribution >= 4 is 22.7 Å². The molecule has 1 saturated heterocycles. The maximum atomic E-state index is 12.9. The number of anilines is 1. The normalized spacial score (nSPS) is 16.9. The molecule has 3 aromatic rings. The second kappa shape index (κ2) is 8.25. The van der Waals surface area contributed by atoms with Crippen LogP contribution in [0, 0.1) is 0 Å². The van der Waals surface area contributed by atoms with Gasteiger partial charge in [-0.1, -0.05) is 6.07 Å². The molecule has 1 fully saturated rings. The Morgan fingerprint density at radius 2 is 2.14 bits per heavy atom. The Hall–Kier alpha value is -3.15. The molecule has 0 aliphatic carbocycles. The van der Waals surface area contributed by atoms with Gasteiger partial charge in [0, 0.05) is 36.2 Å². The van der Waals surface area contributed by atoms with E-state index in [1.54, 1.807) is 24.4 Å². The minimum atomic E-state index is -0.122. The standard InChI is InChI=1S/C22H23N3O3/c26-20-11-14-28-21-10-8-17(15-19(20)21)24-22(27)25-13-4-2-6-18(25)9-7-16-5-1-3-12-23-16/h1,3,5,8,10-12,14-15,18H,2,4,6-7,9,13H2,(H,24,27)/t18-/m0/s1. The number of carbonyl (C=O) groups excluding carboxylic acids is 1. The van der Waals surface area contributed by atoms with Gasteiger partial charge >= 0.3 is 6.03 Å². The van der Waals surface area contributed by atoms with Crippen LogP contribution in [-0.2, 0) is 6.42 Å². The number of nitrogens with zero attached hydrogens (tertiary/aromatic N) is 2. The first-order valence-corrected chi connectivity index (χ1v) is 9.70. The summed E-state index contributed by atoms with van der Waals surface area (Å²) in [7, 11) is 0. The van der Waals surface area contributed by atoms with Crippen LogP contribution in [-0.4, -0.2) is 28.5 Å². The Morgan fingerprint density at radius 1 is 1.21 bits per heavy atom. The number of carbonyl (C=O) groups is 1. The summed E-state index contributed by atoms with van der Waals surface area (Å²) in [5.74, 6) is 0. The molecule has 0 radical (unpaired) electrons. The lowest BCUT2D eigenvalue weighted by Gasteiger charge is -2.35. The molecule has 0 saturated carbocycles. The summed E-state index contributed by atoms with van der Waals surface area (Å²) in [6.07, 6.45) is 8.07. The first-order chi connectivity index (χ1) is 13.7. The number of pyridine rings is 1. The Balaban J connectivity index is 1.46. The number of piperidine rings is 1. The highest BCUT2D eigenvalue weighted by molar-refractivity contribution is 5.92. The van der Waals surface area contributed by atoms with Crippen molar-refractivity contribution in [3.8, 4) is 0 Å². The van der Waals surface area contributed by atoms with E-state index in [-0.39, 0.29) is 17.5 Å². The van der Waals surface area contributed by atoms with Gasteiger partial charge in [-0.3, -0.25) is 9.78 Å². The highest BCUT2D eigenvalue weighted by atomic mass is 16.3. The average molecular weight is 377 g/mol. The minimum Gasteiger partial charge on any atom is -0.464 e. The number of hydrogen-bond donors (Lipinski definition) is 1. The molecule has 0 bridgehead atoms. The second-order valence-electron chi connectivity index (χ2n) is 7.13. The summed E-state index contributed by atoms with van der Waals surface area (Å²) in [5, 5.41) is 3.41. The molecule has 4 rings (SSSR count). The van der Waals surface area contributed by atoms with Crippen LogP contribution in [0.15, 0.2) is 64.1 Å². The van der Waals surface area contributed by atoms with E-state index >= 15 is 0 Å². The quantitative estimate of drug-likeness (QED) is 0.739. The van der Waals surface area contributed by atoms with Crippen molar-refractivity contribution in [3.63, 3.8) is 0 Å². The van der Waals surface area contributed by atoms with Crippen molar-refractivity contribution in [1.82, 2.24) is 9.88 Å². The molecular formula is C22H23N3O3. The average Bonchev–Trinajstić information content (AvgIpc) is 2.74. The molecule has 1 aliphatic heterocycles. The zero-order valence-corrected chi connectivity index (χ0v) is 15.6. The number of rotatable bonds is 4. The summed E-state index contributed by atoms with van der Waals surface area (Å²) in [6, 6.07) is 12.5. The fourth-order valence-corrected chi connectivity index (χ4v) is 3.79. The molecule has 28 heavy (non-hydrogen) atoms. The monoisotopic (exact) mass is 377 g/mol. The number of urea groups is 1. The van der Waals surface area contributed by atoms with Gasteiger partial charge in [-0.2, -0.15) is 0 Å².